The second kappa shape index (κ2) is 8.62. The number of rotatable bonds is 8. The van der Waals surface area contributed by atoms with Crippen molar-refractivity contribution in [2.24, 2.45) is 5.92 Å². The molecule has 0 radical (unpaired) electrons. The number of carbonyl (C=O) groups is 1. The van der Waals surface area contributed by atoms with Crippen LogP contribution in [0.5, 0.6) is 0 Å². The lowest BCUT2D eigenvalue weighted by Gasteiger charge is -2.12. The molecule has 1 aromatic rings. The maximum absolute atomic E-state index is 11.6. The lowest BCUT2D eigenvalue weighted by Crippen LogP contribution is -2.24. The van der Waals surface area contributed by atoms with Crippen LogP contribution in [0, 0.1) is 5.92 Å². The van der Waals surface area contributed by atoms with Gasteiger partial charge in [-0.2, -0.15) is 0 Å². The van der Waals surface area contributed by atoms with Crippen molar-refractivity contribution in [1.82, 2.24) is 5.32 Å². The fourth-order valence-corrected chi connectivity index (χ4v) is 1.99. The smallest absolute Gasteiger partial charge is 0.220 e. The van der Waals surface area contributed by atoms with Crippen molar-refractivity contribution < 1.29 is 4.79 Å². The Bertz CT molecular complexity index is 396. The number of nitrogens with zero attached hydrogens (tertiary/aromatic N) is 1. The van der Waals surface area contributed by atoms with Crippen molar-refractivity contribution in [3.05, 3.63) is 29.8 Å². The van der Waals surface area contributed by atoms with E-state index in [4.69, 9.17) is 0 Å². The fraction of sp³-hybridized carbons (Fsp3) is 0.588. The summed E-state index contributed by atoms with van der Waals surface area (Å²) in [6.07, 6.45) is 3.62. The van der Waals surface area contributed by atoms with Crippen molar-refractivity contribution >= 4 is 11.6 Å². The van der Waals surface area contributed by atoms with Gasteiger partial charge in [0.1, 0.15) is 0 Å². The molecule has 0 aliphatic carbocycles. The normalized spacial score (nSPS) is 10.7. The number of nitrogens with one attached hydrogen (secondary N) is 1. The zero-order valence-electron chi connectivity index (χ0n) is 13.3. The van der Waals surface area contributed by atoms with Gasteiger partial charge in [-0.1, -0.05) is 26.0 Å². The number of carbonyl (C=O) groups excluding carboxylic acids is 1. The van der Waals surface area contributed by atoms with Crippen molar-refractivity contribution in [1.29, 1.82) is 0 Å². The largest absolute Gasteiger partial charge is 0.378 e. The number of hydrogen-bond donors (Lipinski definition) is 1. The predicted octanol–water partition coefficient (Wildman–Crippen LogP) is 3.24. The number of amides is 1. The van der Waals surface area contributed by atoms with Crippen molar-refractivity contribution in [2.75, 3.05) is 25.5 Å². The van der Waals surface area contributed by atoms with Crippen LogP contribution in [0.25, 0.3) is 0 Å². The lowest BCUT2D eigenvalue weighted by molar-refractivity contribution is -0.121. The summed E-state index contributed by atoms with van der Waals surface area (Å²) in [5.74, 6) is 0.776. The summed E-state index contributed by atoms with van der Waals surface area (Å²) in [5, 5.41) is 2.99. The minimum absolute atomic E-state index is 0.182. The third-order valence-electron chi connectivity index (χ3n) is 3.37. The van der Waals surface area contributed by atoms with Crippen LogP contribution >= 0.6 is 0 Å². The van der Waals surface area contributed by atoms with Crippen LogP contribution in [-0.2, 0) is 11.2 Å². The zero-order valence-corrected chi connectivity index (χ0v) is 13.3. The van der Waals surface area contributed by atoms with Crippen LogP contribution in [0.2, 0.25) is 0 Å². The molecule has 3 nitrogen and oxygen atoms in total. The maximum Gasteiger partial charge on any atom is 0.220 e. The van der Waals surface area contributed by atoms with Crippen LogP contribution in [0.1, 0.15) is 38.7 Å². The molecular formula is C17H28N2O. The second-order valence-electron chi connectivity index (χ2n) is 5.95. The molecule has 0 saturated carbocycles. The number of benzene rings is 1. The molecule has 3 heteroatoms. The highest BCUT2D eigenvalue weighted by atomic mass is 16.1. The zero-order chi connectivity index (χ0) is 15.0. The molecule has 20 heavy (non-hydrogen) atoms. The van der Waals surface area contributed by atoms with Gasteiger partial charge in [-0.05, 0) is 42.9 Å². The highest BCUT2D eigenvalue weighted by molar-refractivity contribution is 5.75. The molecule has 0 saturated heterocycles. The summed E-state index contributed by atoms with van der Waals surface area (Å²) in [6, 6.07) is 8.60. The minimum atomic E-state index is 0.182. The molecule has 0 unspecified atom stereocenters. The Morgan fingerprint density at radius 2 is 1.85 bits per heavy atom. The molecule has 0 heterocycles. The average Bonchev–Trinajstić information content (AvgIpc) is 2.42. The van der Waals surface area contributed by atoms with Crippen LogP contribution in [-0.4, -0.2) is 26.5 Å². The molecule has 0 atom stereocenters. The van der Waals surface area contributed by atoms with Crippen LogP contribution in [0.15, 0.2) is 24.3 Å². The summed E-state index contributed by atoms with van der Waals surface area (Å²) in [7, 11) is 4.09. The van der Waals surface area contributed by atoms with Crippen molar-refractivity contribution in [3.8, 4) is 0 Å². The number of hydrogen-bond acceptors (Lipinski definition) is 2. The number of anilines is 1. The molecule has 0 aromatic heterocycles. The second-order valence-corrected chi connectivity index (χ2v) is 5.95. The van der Waals surface area contributed by atoms with Crippen molar-refractivity contribution in [3.63, 3.8) is 0 Å². The Kier molecular flexibility index (Phi) is 7.13. The van der Waals surface area contributed by atoms with Crippen LogP contribution < -0.4 is 10.2 Å². The van der Waals surface area contributed by atoms with Crippen LogP contribution in [0.3, 0.4) is 0 Å². The third-order valence-corrected chi connectivity index (χ3v) is 3.37. The van der Waals surface area contributed by atoms with Gasteiger partial charge in [0, 0.05) is 32.7 Å². The predicted molar refractivity (Wildman–Crippen MR) is 86.2 cm³/mol. The van der Waals surface area contributed by atoms with Gasteiger partial charge in [-0.25, -0.2) is 0 Å². The van der Waals surface area contributed by atoms with E-state index in [0.29, 0.717) is 12.3 Å². The van der Waals surface area contributed by atoms with E-state index in [2.05, 4.69) is 48.3 Å². The summed E-state index contributed by atoms with van der Waals surface area (Å²) >= 11 is 0. The van der Waals surface area contributed by atoms with Gasteiger partial charge in [-0.3, -0.25) is 4.79 Å². The quantitative estimate of drug-likeness (QED) is 0.739. The molecule has 1 aromatic carbocycles. The van der Waals surface area contributed by atoms with Gasteiger partial charge < -0.3 is 10.2 Å². The fourth-order valence-electron chi connectivity index (χ4n) is 1.99. The third kappa shape index (κ3) is 6.60. The van der Waals surface area contributed by atoms with E-state index in [1.54, 1.807) is 0 Å². The van der Waals surface area contributed by atoms with E-state index in [1.165, 1.54) is 11.3 Å². The molecule has 0 spiro atoms. The number of aryl methyl sites for hydroxylation is 1. The Labute approximate surface area is 123 Å². The molecule has 1 rings (SSSR count). The Balaban J connectivity index is 2.19. The van der Waals surface area contributed by atoms with Gasteiger partial charge in [-0.15, -0.1) is 0 Å². The van der Waals surface area contributed by atoms with Gasteiger partial charge in [0.2, 0.25) is 5.91 Å². The van der Waals surface area contributed by atoms with E-state index < -0.39 is 0 Å². The summed E-state index contributed by atoms with van der Waals surface area (Å²) in [5.41, 5.74) is 2.54. The molecule has 0 aliphatic heterocycles. The first-order valence-corrected chi connectivity index (χ1v) is 7.52. The molecule has 0 bridgehead atoms. The average molecular weight is 276 g/mol. The van der Waals surface area contributed by atoms with E-state index >= 15 is 0 Å². The molecule has 1 N–H and O–H groups in total. The van der Waals surface area contributed by atoms with E-state index in [1.807, 2.05) is 14.1 Å². The van der Waals surface area contributed by atoms with Crippen molar-refractivity contribution in [2.45, 2.75) is 39.5 Å². The standard InChI is InChI=1S/C17H28N2O/c1-14(2)7-12-17(20)18-13-5-6-15-8-10-16(11-9-15)19(3)4/h8-11,14H,5-7,12-13H2,1-4H3,(H,18,20). The summed E-state index contributed by atoms with van der Waals surface area (Å²) in [4.78, 5) is 13.7. The highest BCUT2D eigenvalue weighted by Crippen LogP contribution is 2.13. The van der Waals surface area contributed by atoms with E-state index in [9.17, 15) is 4.79 Å². The molecular weight excluding hydrogens is 248 g/mol. The summed E-state index contributed by atoms with van der Waals surface area (Å²) < 4.78 is 0. The highest BCUT2D eigenvalue weighted by Gasteiger charge is 2.02. The van der Waals surface area contributed by atoms with Gasteiger partial charge in [0.15, 0.2) is 0 Å². The van der Waals surface area contributed by atoms with Crippen LogP contribution in [0.4, 0.5) is 5.69 Å². The first-order valence-electron chi connectivity index (χ1n) is 7.52. The Morgan fingerprint density at radius 3 is 2.40 bits per heavy atom. The SMILES string of the molecule is CC(C)CCC(=O)NCCCc1ccc(N(C)C)cc1. The topological polar surface area (TPSA) is 32.3 Å². The van der Waals surface area contributed by atoms with E-state index in [0.717, 1.165) is 25.8 Å². The molecule has 0 fully saturated rings. The van der Waals surface area contributed by atoms with E-state index in [-0.39, 0.29) is 5.91 Å². The maximum atomic E-state index is 11.6. The molecule has 112 valence electrons. The first kappa shape index (κ1) is 16.5. The Hall–Kier alpha value is -1.51. The van der Waals surface area contributed by atoms with Gasteiger partial charge in [0.05, 0.1) is 0 Å². The molecule has 0 aliphatic rings. The monoisotopic (exact) mass is 276 g/mol. The Morgan fingerprint density at radius 1 is 1.20 bits per heavy atom. The minimum Gasteiger partial charge on any atom is -0.378 e. The van der Waals surface area contributed by atoms with Gasteiger partial charge in [0.25, 0.3) is 0 Å². The first-order chi connectivity index (χ1) is 9.49. The molecule has 1 amide bonds. The lowest BCUT2D eigenvalue weighted by atomic mass is 10.1. The van der Waals surface area contributed by atoms with Gasteiger partial charge >= 0.3 is 0 Å². The summed E-state index contributed by atoms with van der Waals surface area (Å²) in [6.45, 7) is 5.06.